The molecule has 1 atom stereocenters. The van der Waals surface area contributed by atoms with Crippen molar-refractivity contribution in [3.63, 3.8) is 0 Å². The molecule has 5 heteroatoms. The molecule has 1 aromatic rings. The molecule has 0 saturated carbocycles. The SMILES string of the molecule is C=CC(=O)C(CP(=O)(O)O)c1ccccc1. The van der Waals surface area contributed by atoms with Crippen LogP contribution >= 0.6 is 7.60 Å². The van der Waals surface area contributed by atoms with Gasteiger partial charge in [0.05, 0.1) is 12.1 Å². The highest BCUT2D eigenvalue weighted by Crippen LogP contribution is 2.40. The molecule has 0 aromatic heterocycles. The second-order valence-electron chi connectivity index (χ2n) is 3.42. The number of hydrogen-bond acceptors (Lipinski definition) is 2. The second kappa shape index (κ2) is 5.21. The van der Waals surface area contributed by atoms with Crippen LogP contribution in [-0.4, -0.2) is 21.7 Å². The van der Waals surface area contributed by atoms with Crippen LogP contribution in [0.1, 0.15) is 11.5 Å². The molecule has 0 fully saturated rings. The number of allylic oxidation sites excluding steroid dienone is 1. The highest BCUT2D eigenvalue weighted by atomic mass is 31.2. The average molecular weight is 240 g/mol. The van der Waals surface area contributed by atoms with Crippen molar-refractivity contribution < 1.29 is 19.1 Å². The van der Waals surface area contributed by atoms with Crippen LogP contribution in [0.2, 0.25) is 0 Å². The van der Waals surface area contributed by atoms with Crippen LogP contribution < -0.4 is 0 Å². The highest BCUT2D eigenvalue weighted by Gasteiger charge is 2.26. The van der Waals surface area contributed by atoms with E-state index in [9.17, 15) is 9.36 Å². The van der Waals surface area contributed by atoms with Crippen LogP contribution in [0, 0.1) is 0 Å². The van der Waals surface area contributed by atoms with E-state index in [1.807, 2.05) is 0 Å². The van der Waals surface area contributed by atoms with Crippen molar-refractivity contribution in [3.8, 4) is 0 Å². The van der Waals surface area contributed by atoms with Gasteiger partial charge in [0.1, 0.15) is 0 Å². The van der Waals surface area contributed by atoms with Gasteiger partial charge in [0.15, 0.2) is 5.78 Å². The first-order valence-electron chi connectivity index (χ1n) is 4.70. The molecule has 86 valence electrons. The second-order valence-corrected chi connectivity index (χ2v) is 5.11. The van der Waals surface area contributed by atoms with Crippen LogP contribution in [-0.2, 0) is 9.36 Å². The topological polar surface area (TPSA) is 74.6 Å². The lowest BCUT2D eigenvalue weighted by Gasteiger charge is -2.14. The smallest absolute Gasteiger partial charge is 0.324 e. The van der Waals surface area contributed by atoms with Crippen molar-refractivity contribution >= 4 is 13.4 Å². The largest absolute Gasteiger partial charge is 0.326 e. The van der Waals surface area contributed by atoms with Gasteiger partial charge in [-0.15, -0.1) is 0 Å². The summed E-state index contributed by atoms with van der Waals surface area (Å²) in [6, 6.07) is 8.55. The maximum absolute atomic E-state index is 11.5. The van der Waals surface area contributed by atoms with E-state index in [0.29, 0.717) is 5.56 Å². The molecule has 0 saturated heterocycles. The molecule has 0 spiro atoms. The summed E-state index contributed by atoms with van der Waals surface area (Å²) in [5.41, 5.74) is 0.593. The van der Waals surface area contributed by atoms with E-state index in [4.69, 9.17) is 9.79 Å². The van der Waals surface area contributed by atoms with Gasteiger partial charge in [-0.1, -0.05) is 36.9 Å². The molecule has 0 heterocycles. The third-order valence-electron chi connectivity index (χ3n) is 2.17. The summed E-state index contributed by atoms with van der Waals surface area (Å²) in [5, 5.41) is 0. The summed E-state index contributed by atoms with van der Waals surface area (Å²) in [6.07, 6.45) is 0.606. The summed E-state index contributed by atoms with van der Waals surface area (Å²) in [6.45, 7) is 3.33. The molecule has 2 N–H and O–H groups in total. The first-order chi connectivity index (χ1) is 7.44. The Hall–Kier alpha value is -1.22. The molecular formula is C11H13O4P. The number of carbonyl (C=O) groups is 1. The van der Waals surface area contributed by atoms with Gasteiger partial charge < -0.3 is 9.79 Å². The normalized spacial score (nSPS) is 13.1. The molecule has 1 unspecified atom stereocenters. The Morgan fingerprint density at radius 2 is 1.94 bits per heavy atom. The molecule has 4 nitrogen and oxygen atoms in total. The lowest BCUT2D eigenvalue weighted by molar-refractivity contribution is -0.115. The molecule has 1 aromatic carbocycles. The Kier molecular flexibility index (Phi) is 4.19. The maximum atomic E-state index is 11.5. The summed E-state index contributed by atoms with van der Waals surface area (Å²) in [7, 11) is -4.22. The Bertz CT molecular complexity index is 421. The molecule has 0 radical (unpaired) electrons. The van der Waals surface area contributed by atoms with E-state index < -0.39 is 19.7 Å². The lowest BCUT2D eigenvalue weighted by Crippen LogP contribution is -2.14. The molecule has 0 aliphatic carbocycles. The minimum absolute atomic E-state index is 0.380. The van der Waals surface area contributed by atoms with E-state index in [2.05, 4.69) is 6.58 Å². The van der Waals surface area contributed by atoms with Crippen LogP contribution in [0.25, 0.3) is 0 Å². The van der Waals surface area contributed by atoms with Crippen LogP contribution in [0.15, 0.2) is 43.0 Å². The predicted octanol–water partition coefficient (Wildman–Crippen LogP) is 1.70. The fourth-order valence-electron chi connectivity index (χ4n) is 1.43. The number of carbonyl (C=O) groups excluding carboxylic acids is 1. The minimum Gasteiger partial charge on any atom is -0.324 e. The van der Waals surface area contributed by atoms with Gasteiger partial charge in [0, 0.05) is 0 Å². The van der Waals surface area contributed by atoms with Crippen molar-refractivity contribution in [2.45, 2.75) is 5.92 Å². The molecule has 0 aliphatic heterocycles. The number of hydrogen-bond donors (Lipinski definition) is 2. The lowest BCUT2D eigenvalue weighted by atomic mass is 9.97. The first kappa shape index (κ1) is 12.8. The van der Waals surface area contributed by atoms with Gasteiger partial charge in [0.2, 0.25) is 0 Å². The first-order valence-corrected chi connectivity index (χ1v) is 6.49. The highest BCUT2D eigenvalue weighted by molar-refractivity contribution is 7.51. The fraction of sp³-hybridized carbons (Fsp3) is 0.182. The van der Waals surface area contributed by atoms with Gasteiger partial charge in [-0.2, -0.15) is 0 Å². The monoisotopic (exact) mass is 240 g/mol. The summed E-state index contributed by atoms with van der Waals surface area (Å²) >= 11 is 0. The molecule has 0 aliphatic rings. The van der Waals surface area contributed by atoms with Gasteiger partial charge in [-0.3, -0.25) is 9.36 Å². The van der Waals surface area contributed by atoms with Crippen molar-refractivity contribution in [1.29, 1.82) is 0 Å². The average Bonchev–Trinajstić information content (AvgIpc) is 2.25. The van der Waals surface area contributed by atoms with Crippen molar-refractivity contribution in [3.05, 3.63) is 48.6 Å². The fourth-order valence-corrected chi connectivity index (χ4v) is 2.29. The summed E-state index contributed by atoms with van der Waals surface area (Å²) < 4.78 is 10.9. The third-order valence-corrected chi connectivity index (χ3v) is 3.01. The quantitative estimate of drug-likeness (QED) is 0.606. The molecule has 0 bridgehead atoms. The molecule has 16 heavy (non-hydrogen) atoms. The Labute approximate surface area is 93.8 Å². The molecular weight excluding hydrogens is 227 g/mol. The minimum atomic E-state index is -4.22. The zero-order chi connectivity index (χ0) is 12.2. The maximum Gasteiger partial charge on any atom is 0.326 e. The van der Waals surface area contributed by atoms with Crippen molar-refractivity contribution in [2.75, 3.05) is 6.16 Å². The van der Waals surface area contributed by atoms with Gasteiger partial charge in [-0.05, 0) is 11.6 Å². The van der Waals surface area contributed by atoms with E-state index in [1.54, 1.807) is 30.3 Å². The van der Waals surface area contributed by atoms with Crippen molar-refractivity contribution in [2.24, 2.45) is 0 Å². The third kappa shape index (κ3) is 3.74. The summed E-state index contributed by atoms with van der Waals surface area (Å²) in [4.78, 5) is 29.4. The molecule has 0 amide bonds. The van der Waals surface area contributed by atoms with Gasteiger partial charge in [0.25, 0.3) is 0 Å². The number of ketones is 1. The Balaban J connectivity index is 3.02. The van der Waals surface area contributed by atoms with Gasteiger partial charge >= 0.3 is 7.60 Å². The van der Waals surface area contributed by atoms with E-state index in [-0.39, 0.29) is 5.78 Å². The van der Waals surface area contributed by atoms with Crippen LogP contribution in [0.3, 0.4) is 0 Å². The Morgan fingerprint density at radius 3 is 2.38 bits per heavy atom. The Morgan fingerprint density at radius 1 is 1.38 bits per heavy atom. The number of benzene rings is 1. The van der Waals surface area contributed by atoms with Gasteiger partial charge in [-0.25, -0.2) is 0 Å². The zero-order valence-corrected chi connectivity index (χ0v) is 9.51. The number of rotatable bonds is 5. The van der Waals surface area contributed by atoms with Crippen LogP contribution in [0.5, 0.6) is 0 Å². The van der Waals surface area contributed by atoms with Crippen molar-refractivity contribution in [1.82, 2.24) is 0 Å². The van der Waals surface area contributed by atoms with E-state index in [0.717, 1.165) is 6.08 Å². The molecule has 1 rings (SSSR count). The predicted molar refractivity (Wildman–Crippen MR) is 61.3 cm³/mol. The van der Waals surface area contributed by atoms with Crippen LogP contribution in [0.4, 0.5) is 0 Å². The van der Waals surface area contributed by atoms with E-state index >= 15 is 0 Å². The zero-order valence-electron chi connectivity index (χ0n) is 8.61. The van der Waals surface area contributed by atoms with E-state index in [1.165, 1.54) is 0 Å². The summed E-state index contributed by atoms with van der Waals surface area (Å²) in [5.74, 6) is -1.20. The standard InChI is InChI=1S/C11H13O4P/c1-2-11(12)10(8-16(13,14)15)9-6-4-3-5-7-9/h2-7,10H,1,8H2,(H2,13,14,15).